The number of aromatic nitrogens is 1. The summed E-state index contributed by atoms with van der Waals surface area (Å²) >= 11 is 1.62. The second-order valence-corrected chi connectivity index (χ2v) is 5.69. The minimum Gasteiger partial charge on any atom is -0.497 e. The van der Waals surface area contributed by atoms with Gasteiger partial charge in [-0.25, -0.2) is 4.98 Å². The molecule has 0 saturated carbocycles. The van der Waals surface area contributed by atoms with Crippen molar-refractivity contribution in [2.24, 2.45) is 0 Å². The van der Waals surface area contributed by atoms with Crippen molar-refractivity contribution in [3.8, 4) is 11.5 Å². The van der Waals surface area contributed by atoms with Gasteiger partial charge in [0, 0.05) is 24.5 Å². The molecule has 6 heteroatoms. The summed E-state index contributed by atoms with van der Waals surface area (Å²) in [5.74, 6) is 1.42. The number of nitrogens with one attached hydrogen (secondary N) is 1. The third-order valence-electron chi connectivity index (χ3n) is 2.84. The monoisotopic (exact) mass is 308 g/mol. The van der Waals surface area contributed by atoms with Crippen LogP contribution in [-0.2, 0) is 6.54 Å². The zero-order valence-corrected chi connectivity index (χ0v) is 13.0. The van der Waals surface area contributed by atoms with E-state index in [1.54, 1.807) is 24.5 Å². The summed E-state index contributed by atoms with van der Waals surface area (Å²) in [4.78, 5) is 4.35. The Morgan fingerprint density at radius 3 is 2.90 bits per heavy atom. The van der Waals surface area contributed by atoms with E-state index in [1.165, 1.54) is 0 Å². The highest BCUT2D eigenvalue weighted by Crippen LogP contribution is 2.18. The first-order valence-electron chi connectivity index (χ1n) is 6.74. The number of hydrogen-bond acceptors (Lipinski definition) is 6. The number of aliphatic hydroxyl groups is 1. The third kappa shape index (κ3) is 5.34. The normalized spacial score (nSPS) is 12.1. The van der Waals surface area contributed by atoms with Crippen LogP contribution in [0.5, 0.6) is 11.5 Å². The Hall–Kier alpha value is -1.63. The number of thiazole rings is 1. The van der Waals surface area contributed by atoms with Crippen molar-refractivity contribution in [3.05, 3.63) is 40.3 Å². The fourth-order valence-electron chi connectivity index (χ4n) is 1.80. The number of benzene rings is 1. The largest absolute Gasteiger partial charge is 0.497 e. The zero-order valence-electron chi connectivity index (χ0n) is 12.2. The summed E-state index contributed by atoms with van der Waals surface area (Å²) in [5.41, 5.74) is 0.999. The number of methoxy groups -OCH3 is 1. The molecule has 1 heterocycles. The molecule has 5 nitrogen and oxygen atoms in total. The van der Waals surface area contributed by atoms with E-state index in [0.29, 0.717) is 18.8 Å². The highest BCUT2D eigenvalue weighted by molar-refractivity contribution is 7.09. The molecule has 1 aromatic heterocycles. The van der Waals surface area contributed by atoms with Crippen LogP contribution in [0.15, 0.2) is 29.6 Å². The number of ether oxygens (including phenoxy) is 2. The smallest absolute Gasteiger partial charge is 0.123 e. The molecule has 1 unspecified atom stereocenters. The van der Waals surface area contributed by atoms with Gasteiger partial charge in [0.25, 0.3) is 0 Å². The molecule has 2 rings (SSSR count). The maximum atomic E-state index is 9.88. The number of rotatable bonds is 8. The summed E-state index contributed by atoms with van der Waals surface area (Å²) < 4.78 is 10.7. The fraction of sp³-hybridized carbons (Fsp3) is 0.400. The summed E-state index contributed by atoms with van der Waals surface area (Å²) in [6.07, 6.45) is -0.573. The third-order valence-corrected chi connectivity index (χ3v) is 3.66. The van der Waals surface area contributed by atoms with Gasteiger partial charge in [0.1, 0.15) is 24.2 Å². The van der Waals surface area contributed by atoms with E-state index in [-0.39, 0.29) is 6.61 Å². The first kappa shape index (κ1) is 15.8. The highest BCUT2D eigenvalue weighted by Gasteiger charge is 2.06. The Morgan fingerprint density at radius 2 is 2.19 bits per heavy atom. The van der Waals surface area contributed by atoms with Crippen LogP contribution in [0.4, 0.5) is 0 Å². The molecule has 21 heavy (non-hydrogen) atoms. The number of nitrogens with zero attached hydrogens (tertiary/aromatic N) is 1. The van der Waals surface area contributed by atoms with Gasteiger partial charge in [-0.2, -0.15) is 0 Å². The van der Waals surface area contributed by atoms with Crippen LogP contribution in [0.1, 0.15) is 10.7 Å². The Morgan fingerprint density at radius 1 is 1.38 bits per heavy atom. The van der Waals surface area contributed by atoms with E-state index in [4.69, 9.17) is 9.47 Å². The first-order chi connectivity index (χ1) is 10.2. The Kier molecular flexibility index (Phi) is 5.98. The maximum absolute atomic E-state index is 9.88. The van der Waals surface area contributed by atoms with Crippen molar-refractivity contribution in [2.75, 3.05) is 20.3 Å². The molecule has 0 aliphatic rings. The standard InChI is InChI=1S/C15H20N2O3S/c1-11-17-12(10-21-11)7-16-8-13(18)9-20-15-5-3-4-14(6-15)19-2/h3-6,10,13,16,18H,7-9H2,1-2H3. The van der Waals surface area contributed by atoms with Crippen molar-refractivity contribution in [3.63, 3.8) is 0 Å². The molecule has 0 fully saturated rings. The van der Waals surface area contributed by atoms with Gasteiger partial charge in [0.15, 0.2) is 0 Å². The van der Waals surface area contributed by atoms with Crippen LogP contribution < -0.4 is 14.8 Å². The van der Waals surface area contributed by atoms with Gasteiger partial charge in [-0.15, -0.1) is 11.3 Å². The fourth-order valence-corrected chi connectivity index (χ4v) is 2.41. The number of aliphatic hydroxyl groups excluding tert-OH is 1. The second-order valence-electron chi connectivity index (χ2n) is 4.63. The Bertz CT molecular complexity index is 559. The Balaban J connectivity index is 1.68. The topological polar surface area (TPSA) is 63.6 Å². The molecular formula is C15H20N2O3S. The van der Waals surface area contributed by atoms with Crippen LogP contribution in [-0.4, -0.2) is 36.5 Å². The molecule has 0 radical (unpaired) electrons. The zero-order chi connectivity index (χ0) is 15.1. The van der Waals surface area contributed by atoms with Crippen LogP contribution in [0.3, 0.4) is 0 Å². The van der Waals surface area contributed by atoms with Crippen molar-refractivity contribution >= 4 is 11.3 Å². The van der Waals surface area contributed by atoms with Crippen LogP contribution >= 0.6 is 11.3 Å². The highest BCUT2D eigenvalue weighted by atomic mass is 32.1. The molecule has 114 valence electrons. The van der Waals surface area contributed by atoms with Gasteiger partial charge < -0.3 is 19.9 Å². The lowest BCUT2D eigenvalue weighted by Gasteiger charge is -2.13. The average molecular weight is 308 g/mol. The SMILES string of the molecule is COc1cccc(OCC(O)CNCc2csc(C)n2)c1. The molecular weight excluding hydrogens is 288 g/mol. The summed E-state index contributed by atoms with van der Waals surface area (Å²) in [5, 5.41) is 16.1. The van der Waals surface area contributed by atoms with Crippen LogP contribution in [0, 0.1) is 6.92 Å². The molecule has 2 aromatic rings. The van der Waals surface area contributed by atoms with E-state index < -0.39 is 6.10 Å². The van der Waals surface area contributed by atoms with E-state index in [1.807, 2.05) is 30.5 Å². The number of aryl methyl sites for hydroxylation is 1. The van der Waals surface area contributed by atoms with Crippen LogP contribution in [0.2, 0.25) is 0 Å². The van der Waals surface area contributed by atoms with Gasteiger partial charge in [0.05, 0.1) is 17.8 Å². The number of hydrogen-bond donors (Lipinski definition) is 2. The average Bonchev–Trinajstić information content (AvgIpc) is 2.91. The molecule has 2 N–H and O–H groups in total. The van der Waals surface area contributed by atoms with Crippen molar-refractivity contribution in [2.45, 2.75) is 19.6 Å². The van der Waals surface area contributed by atoms with E-state index in [0.717, 1.165) is 16.5 Å². The molecule has 0 amide bonds. The molecule has 0 saturated heterocycles. The summed E-state index contributed by atoms with van der Waals surface area (Å²) in [6, 6.07) is 7.32. The van der Waals surface area contributed by atoms with E-state index >= 15 is 0 Å². The molecule has 1 aromatic carbocycles. The first-order valence-corrected chi connectivity index (χ1v) is 7.62. The second kappa shape index (κ2) is 7.97. The minimum absolute atomic E-state index is 0.232. The molecule has 0 aliphatic carbocycles. The maximum Gasteiger partial charge on any atom is 0.123 e. The molecule has 0 aliphatic heterocycles. The predicted octanol–water partition coefficient (Wildman–Crippen LogP) is 1.99. The lowest BCUT2D eigenvalue weighted by atomic mass is 10.3. The molecule has 0 bridgehead atoms. The summed E-state index contributed by atoms with van der Waals surface area (Å²) in [7, 11) is 1.61. The quantitative estimate of drug-likeness (QED) is 0.781. The van der Waals surface area contributed by atoms with Gasteiger partial charge >= 0.3 is 0 Å². The van der Waals surface area contributed by atoms with Crippen molar-refractivity contribution < 1.29 is 14.6 Å². The van der Waals surface area contributed by atoms with Crippen molar-refractivity contribution in [1.82, 2.24) is 10.3 Å². The minimum atomic E-state index is -0.573. The molecule has 0 spiro atoms. The van der Waals surface area contributed by atoms with E-state index in [9.17, 15) is 5.11 Å². The van der Waals surface area contributed by atoms with Crippen molar-refractivity contribution in [1.29, 1.82) is 0 Å². The van der Waals surface area contributed by atoms with Gasteiger partial charge in [-0.05, 0) is 19.1 Å². The van der Waals surface area contributed by atoms with Gasteiger partial charge in [-0.3, -0.25) is 0 Å². The Labute approximate surface area is 128 Å². The van der Waals surface area contributed by atoms with Gasteiger partial charge in [0.2, 0.25) is 0 Å². The summed E-state index contributed by atoms with van der Waals surface area (Å²) in [6.45, 7) is 3.32. The predicted molar refractivity (Wildman–Crippen MR) is 83.1 cm³/mol. The lowest BCUT2D eigenvalue weighted by molar-refractivity contribution is 0.106. The van der Waals surface area contributed by atoms with Gasteiger partial charge in [-0.1, -0.05) is 6.07 Å². The van der Waals surface area contributed by atoms with Crippen LogP contribution in [0.25, 0.3) is 0 Å². The van der Waals surface area contributed by atoms with E-state index in [2.05, 4.69) is 10.3 Å². The lowest BCUT2D eigenvalue weighted by Crippen LogP contribution is -2.31. The molecule has 1 atom stereocenters.